The summed E-state index contributed by atoms with van der Waals surface area (Å²) in [5.74, 6) is -0.812. The van der Waals surface area contributed by atoms with Crippen molar-refractivity contribution in [2.75, 3.05) is 23.4 Å². The van der Waals surface area contributed by atoms with Crippen molar-refractivity contribution < 1.29 is 19.1 Å². The van der Waals surface area contributed by atoms with E-state index in [4.69, 9.17) is 4.74 Å². The van der Waals surface area contributed by atoms with Gasteiger partial charge in [0, 0.05) is 11.6 Å². The minimum absolute atomic E-state index is 0.0215. The smallest absolute Gasteiger partial charge is 0.326 e. The van der Waals surface area contributed by atoms with Crippen molar-refractivity contribution in [3.63, 3.8) is 0 Å². The van der Waals surface area contributed by atoms with Gasteiger partial charge in [0.2, 0.25) is 5.91 Å². The second kappa shape index (κ2) is 10.5. The Labute approximate surface area is 185 Å². The molecule has 0 spiro atoms. The van der Waals surface area contributed by atoms with E-state index in [1.807, 2.05) is 25.1 Å². The van der Waals surface area contributed by atoms with Gasteiger partial charge in [-0.25, -0.2) is 4.98 Å². The van der Waals surface area contributed by atoms with Crippen LogP contribution in [-0.4, -0.2) is 45.4 Å². The molecule has 2 heterocycles. The molecule has 0 radical (unpaired) electrons. The monoisotopic (exact) mass is 464 g/mol. The molecule has 0 aliphatic carbocycles. The standard InChI is InChI=1S/C19H20N4O4S3/c1-3-27-17(26)9-23-13-5-4-12(2)8-14(13)30-19(23)22-16(25)11-28-10-15(24)21-18-20-6-7-29-18/h4-8H,3,9-11H2,1-2H3,(H,20,21,24). The fraction of sp³-hybridized carbons (Fsp3) is 0.316. The zero-order valence-electron chi connectivity index (χ0n) is 16.4. The molecule has 0 aliphatic heterocycles. The van der Waals surface area contributed by atoms with Gasteiger partial charge in [-0.2, -0.15) is 4.99 Å². The van der Waals surface area contributed by atoms with Crippen molar-refractivity contribution in [1.82, 2.24) is 9.55 Å². The van der Waals surface area contributed by atoms with E-state index >= 15 is 0 Å². The third kappa shape index (κ3) is 6.00. The van der Waals surface area contributed by atoms with E-state index in [0.29, 0.717) is 9.93 Å². The van der Waals surface area contributed by atoms with Gasteiger partial charge in [0.25, 0.3) is 5.91 Å². The molecule has 0 atom stereocenters. The summed E-state index contributed by atoms with van der Waals surface area (Å²) in [7, 11) is 0. The number of amides is 2. The van der Waals surface area contributed by atoms with Gasteiger partial charge in [0.05, 0.1) is 28.3 Å². The van der Waals surface area contributed by atoms with E-state index in [0.717, 1.165) is 15.8 Å². The van der Waals surface area contributed by atoms with Crippen molar-refractivity contribution in [3.8, 4) is 0 Å². The SMILES string of the molecule is CCOC(=O)Cn1c(=NC(=O)CSCC(=O)Nc2nccs2)sc2cc(C)ccc21. The van der Waals surface area contributed by atoms with E-state index in [1.165, 1.54) is 34.4 Å². The van der Waals surface area contributed by atoms with Crippen LogP contribution in [0.5, 0.6) is 0 Å². The number of anilines is 1. The summed E-state index contributed by atoms with van der Waals surface area (Å²) >= 11 is 3.84. The molecule has 8 nitrogen and oxygen atoms in total. The zero-order chi connectivity index (χ0) is 21.5. The maximum Gasteiger partial charge on any atom is 0.326 e. The third-order valence-corrected chi connectivity index (χ3v) is 6.44. The number of fused-ring (bicyclic) bond motifs is 1. The van der Waals surface area contributed by atoms with Gasteiger partial charge in [0.15, 0.2) is 9.93 Å². The predicted molar refractivity (Wildman–Crippen MR) is 120 cm³/mol. The number of carbonyl (C=O) groups is 3. The van der Waals surface area contributed by atoms with E-state index in [-0.39, 0.29) is 42.4 Å². The molecule has 2 aromatic heterocycles. The molecule has 3 rings (SSSR count). The highest BCUT2D eigenvalue weighted by molar-refractivity contribution is 8.00. The Kier molecular flexibility index (Phi) is 7.77. The fourth-order valence-corrected chi connectivity index (χ4v) is 4.85. The second-order valence-electron chi connectivity index (χ2n) is 6.13. The number of hydrogen-bond acceptors (Lipinski definition) is 8. The van der Waals surface area contributed by atoms with Gasteiger partial charge in [-0.15, -0.1) is 23.1 Å². The first-order valence-electron chi connectivity index (χ1n) is 9.06. The molecule has 1 aromatic carbocycles. The quantitative estimate of drug-likeness (QED) is 0.514. The number of aryl methyl sites for hydroxylation is 1. The van der Waals surface area contributed by atoms with Crippen LogP contribution in [0.1, 0.15) is 12.5 Å². The number of thioether (sulfide) groups is 1. The highest BCUT2D eigenvalue weighted by Gasteiger charge is 2.13. The zero-order valence-corrected chi connectivity index (χ0v) is 18.9. The summed E-state index contributed by atoms with van der Waals surface area (Å²) in [6, 6.07) is 5.84. The largest absolute Gasteiger partial charge is 0.465 e. The first kappa shape index (κ1) is 22.2. The number of hydrogen-bond donors (Lipinski definition) is 1. The van der Waals surface area contributed by atoms with Crippen LogP contribution in [-0.2, 0) is 25.7 Å². The minimum atomic E-state index is -0.389. The molecule has 0 fully saturated rings. The first-order chi connectivity index (χ1) is 14.5. The van der Waals surface area contributed by atoms with Crippen LogP contribution in [0.4, 0.5) is 5.13 Å². The number of aromatic nitrogens is 2. The van der Waals surface area contributed by atoms with Gasteiger partial charge in [-0.3, -0.25) is 14.4 Å². The normalized spacial score (nSPS) is 11.6. The summed E-state index contributed by atoms with van der Waals surface area (Å²) in [6.45, 7) is 3.98. The lowest BCUT2D eigenvalue weighted by atomic mass is 10.2. The summed E-state index contributed by atoms with van der Waals surface area (Å²) in [6.07, 6.45) is 1.61. The molecular weight excluding hydrogens is 444 g/mol. The molecule has 1 N–H and O–H groups in total. The Morgan fingerprint density at radius 1 is 1.30 bits per heavy atom. The lowest BCUT2D eigenvalue weighted by molar-refractivity contribution is -0.143. The molecule has 11 heteroatoms. The average Bonchev–Trinajstić information content (AvgIpc) is 3.30. The van der Waals surface area contributed by atoms with E-state index < -0.39 is 0 Å². The molecule has 0 bridgehead atoms. The fourth-order valence-electron chi connectivity index (χ4n) is 2.56. The van der Waals surface area contributed by atoms with Crippen molar-refractivity contribution >= 4 is 67.6 Å². The van der Waals surface area contributed by atoms with Gasteiger partial charge >= 0.3 is 5.97 Å². The van der Waals surface area contributed by atoms with Gasteiger partial charge < -0.3 is 14.6 Å². The highest BCUT2D eigenvalue weighted by Crippen LogP contribution is 2.19. The van der Waals surface area contributed by atoms with Gasteiger partial charge in [-0.1, -0.05) is 17.4 Å². The lowest BCUT2D eigenvalue weighted by Gasteiger charge is -2.05. The van der Waals surface area contributed by atoms with Crippen molar-refractivity contribution in [2.24, 2.45) is 4.99 Å². The van der Waals surface area contributed by atoms with Gasteiger partial charge in [0.1, 0.15) is 6.54 Å². The number of thiazole rings is 2. The molecule has 158 valence electrons. The Morgan fingerprint density at radius 3 is 2.87 bits per heavy atom. The number of nitrogens with zero attached hydrogens (tertiary/aromatic N) is 3. The number of esters is 1. The lowest BCUT2D eigenvalue weighted by Crippen LogP contribution is -2.23. The summed E-state index contributed by atoms with van der Waals surface area (Å²) in [5, 5.41) is 4.96. The van der Waals surface area contributed by atoms with Crippen molar-refractivity contribution in [1.29, 1.82) is 0 Å². The third-order valence-electron chi connectivity index (χ3n) is 3.79. The van der Waals surface area contributed by atoms with Crippen LogP contribution in [0, 0.1) is 6.92 Å². The number of carbonyl (C=O) groups excluding carboxylic acids is 3. The van der Waals surface area contributed by atoms with Crippen molar-refractivity contribution in [3.05, 3.63) is 40.1 Å². The van der Waals surface area contributed by atoms with E-state index in [9.17, 15) is 14.4 Å². The summed E-state index contributed by atoms with van der Waals surface area (Å²) in [4.78, 5) is 44.9. The summed E-state index contributed by atoms with van der Waals surface area (Å²) < 4.78 is 7.67. The Hall–Kier alpha value is -2.50. The molecule has 3 aromatic rings. The predicted octanol–water partition coefficient (Wildman–Crippen LogP) is 2.83. The second-order valence-corrected chi connectivity index (χ2v) is 9.02. The average molecular weight is 465 g/mol. The number of rotatable bonds is 8. The number of benzene rings is 1. The van der Waals surface area contributed by atoms with Crippen molar-refractivity contribution in [2.45, 2.75) is 20.4 Å². The highest BCUT2D eigenvalue weighted by atomic mass is 32.2. The maximum atomic E-state index is 12.4. The maximum absolute atomic E-state index is 12.4. The molecule has 0 saturated carbocycles. The Bertz CT molecular complexity index is 1120. The van der Waals surface area contributed by atoms with Crippen LogP contribution in [0.15, 0.2) is 34.8 Å². The van der Waals surface area contributed by atoms with Crippen LogP contribution in [0.2, 0.25) is 0 Å². The number of ether oxygens (including phenoxy) is 1. The molecule has 0 saturated heterocycles. The van der Waals surface area contributed by atoms with E-state index in [1.54, 1.807) is 23.1 Å². The topological polar surface area (TPSA) is 103 Å². The Balaban J connectivity index is 1.71. The molecule has 0 aliphatic rings. The minimum Gasteiger partial charge on any atom is -0.465 e. The Morgan fingerprint density at radius 2 is 2.13 bits per heavy atom. The first-order valence-corrected chi connectivity index (χ1v) is 11.9. The number of nitrogens with one attached hydrogen (secondary N) is 1. The van der Waals surface area contributed by atoms with Crippen LogP contribution in [0.25, 0.3) is 10.2 Å². The van der Waals surface area contributed by atoms with Crippen LogP contribution in [0.3, 0.4) is 0 Å². The van der Waals surface area contributed by atoms with E-state index in [2.05, 4.69) is 15.3 Å². The molecule has 0 unspecified atom stereocenters. The molecule has 2 amide bonds. The molecule has 30 heavy (non-hydrogen) atoms. The van der Waals surface area contributed by atoms with Crippen LogP contribution >= 0.6 is 34.4 Å². The molecular formula is C19H20N4O4S3. The summed E-state index contributed by atoms with van der Waals surface area (Å²) in [5.41, 5.74) is 1.90. The van der Waals surface area contributed by atoms with Gasteiger partial charge in [-0.05, 0) is 31.5 Å². The van der Waals surface area contributed by atoms with Crippen LogP contribution < -0.4 is 10.1 Å².